The van der Waals surface area contributed by atoms with Crippen molar-refractivity contribution in [3.8, 4) is 28.6 Å². The fraction of sp³-hybridized carbons (Fsp3) is 0.200. The highest BCUT2D eigenvalue weighted by atomic mass is 79.9. The van der Waals surface area contributed by atoms with Gasteiger partial charge in [0.05, 0.1) is 22.2 Å². The molecule has 2 aliphatic rings. The third-order valence-electron chi connectivity index (χ3n) is 5.07. The van der Waals surface area contributed by atoms with Crippen LogP contribution in [-0.2, 0) is 4.79 Å². The summed E-state index contributed by atoms with van der Waals surface area (Å²) in [6.07, 6.45) is 0.553. The first kappa shape index (κ1) is 21.4. The number of anilines is 1. The third-order valence-corrected chi connectivity index (χ3v) is 6.10. The minimum Gasteiger partial charge on any atom is -0.454 e. The molecule has 33 heavy (non-hydrogen) atoms. The van der Waals surface area contributed by atoms with E-state index >= 15 is 0 Å². The number of halogens is 1. The summed E-state index contributed by atoms with van der Waals surface area (Å²) in [7, 11) is 0. The van der Waals surface area contributed by atoms with E-state index in [1.165, 1.54) is 35.7 Å². The molecule has 0 fully saturated rings. The predicted octanol–water partition coefficient (Wildman–Crippen LogP) is 4.10. The lowest BCUT2D eigenvalue weighted by Crippen LogP contribution is -2.36. The Hall–Kier alpha value is -3.45. The van der Waals surface area contributed by atoms with Crippen LogP contribution in [0.3, 0.4) is 0 Å². The van der Waals surface area contributed by atoms with Crippen LogP contribution in [0, 0.1) is 10.1 Å². The molecule has 13 heteroatoms. The Balaban J connectivity index is 1.80. The second kappa shape index (κ2) is 8.15. The van der Waals surface area contributed by atoms with E-state index in [-0.39, 0.29) is 29.7 Å². The number of fused-ring (bicyclic) bond motifs is 4. The topological polar surface area (TPSA) is 130 Å². The average molecular weight is 532 g/mol. The summed E-state index contributed by atoms with van der Waals surface area (Å²) in [4.78, 5) is 30.1. The van der Waals surface area contributed by atoms with E-state index in [1.54, 1.807) is 24.5 Å². The van der Waals surface area contributed by atoms with Crippen LogP contribution >= 0.6 is 27.7 Å². The molecule has 1 aromatic heterocycles. The second-order valence-corrected chi connectivity index (χ2v) is 8.68. The van der Waals surface area contributed by atoms with E-state index in [1.807, 2.05) is 0 Å². The van der Waals surface area contributed by atoms with Crippen LogP contribution in [0.4, 0.5) is 11.4 Å². The quantitative estimate of drug-likeness (QED) is 0.276. The summed E-state index contributed by atoms with van der Waals surface area (Å²) in [5.41, 5.74) is 1.10. The monoisotopic (exact) mass is 531 g/mol. The van der Waals surface area contributed by atoms with E-state index in [0.29, 0.717) is 27.9 Å². The molecule has 0 saturated heterocycles. The molecule has 0 spiro atoms. The van der Waals surface area contributed by atoms with Crippen LogP contribution in [0.25, 0.3) is 11.3 Å². The Bertz CT molecular complexity index is 1320. The molecule has 0 bridgehead atoms. The molecule has 168 valence electrons. The number of rotatable bonds is 3. The molecule has 0 N–H and O–H groups in total. The molecule has 2 aliphatic heterocycles. The van der Waals surface area contributed by atoms with E-state index < -0.39 is 17.1 Å². The van der Waals surface area contributed by atoms with Crippen molar-refractivity contribution in [1.29, 1.82) is 0 Å². The Morgan fingerprint density at radius 3 is 2.70 bits per heavy atom. The summed E-state index contributed by atoms with van der Waals surface area (Å²) in [5, 5.41) is 20.7. The Kier molecular flexibility index (Phi) is 5.29. The summed E-state index contributed by atoms with van der Waals surface area (Å²) < 4.78 is 17.7. The van der Waals surface area contributed by atoms with E-state index in [9.17, 15) is 14.9 Å². The van der Waals surface area contributed by atoms with Gasteiger partial charge in [0.15, 0.2) is 17.2 Å². The zero-order chi connectivity index (χ0) is 23.3. The van der Waals surface area contributed by atoms with Crippen LogP contribution in [0.5, 0.6) is 17.4 Å². The van der Waals surface area contributed by atoms with Gasteiger partial charge >= 0.3 is 0 Å². The standard InChI is InChI=1S/C20H14BrN5O6S/c1-9(27)25-13-4-3-10(21)5-11(13)17-18(22-20(33-2)24-23-17)32-19(25)12-6-15-16(31-8-30-15)7-14(12)26(28)29/h3-7,19H,8H2,1-2H3/t19-/m1/s1. The first-order valence-electron chi connectivity index (χ1n) is 9.50. The van der Waals surface area contributed by atoms with Gasteiger partial charge in [0.25, 0.3) is 5.69 Å². The van der Waals surface area contributed by atoms with Gasteiger partial charge in [0.1, 0.15) is 0 Å². The number of hydrogen-bond acceptors (Lipinski definition) is 10. The normalized spacial score (nSPS) is 15.8. The molecule has 1 atom stereocenters. The summed E-state index contributed by atoms with van der Waals surface area (Å²) >= 11 is 4.70. The maximum Gasteiger partial charge on any atom is 0.282 e. The predicted molar refractivity (Wildman–Crippen MR) is 120 cm³/mol. The zero-order valence-corrected chi connectivity index (χ0v) is 19.5. The highest BCUT2D eigenvalue weighted by Gasteiger charge is 2.39. The van der Waals surface area contributed by atoms with E-state index in [0.717, 1.165) is 4.47 Å². The lowest BCUT2D eigenvalue weighted by atomic mass is 10.1. The second-order valence-electron chi connectivity index (χ2n) is 6.99. The van der Waals surface area contributed by atoms with Gasteiger partial charge in [0.2, 0.25) is 30.0 Å². The fourth-order valence-corrected chi connectivity index (χ4v) is 4.33. The van der Waals surface area contributed by atoms with Gasteiger partial charge in [-0.15, -0.1) is 10.2 Å². The lowest BCUT2D eigenvalue weighted by Gasteiger charge is -2.29. The highest BCUT2D eigenvalue weighted by molar-refractivity contribution is 9.10. The third kappa shape index (κ3) is 3.62. The summed E-state index contributed by atoms with van der Waals surface area (Å²) in [5.74, 6) is 0.247. The molecule has 3 heterocycles. The smallest absolute Gasteiger partial charge is 0.282 e. The SMILES string of the molecule is CSc1nnc2c(n1)O[C@H](c1cc3c(cc1[N+](=O)[O-])OCO3)N(C(C)=O)c1ccc(Br)cc1-2. The average Bonchev–Trinajstić information content (AvgIpc) is 3.20. The van der Waals surface area contributed by atoms with Crippen molar-refractivity contribution in [2.75, 3.05) is 17.9 Å². The minimum atomic E-state index is -1.23. The van der Waals surface area contributed by atoms with Gasteiger partial charge in [-0.3, -0.25) is 19.8 Å². The van der Waals surface area contributed by atoms with Gasteiger partial charge in [-0.2, -0.15) is 4.98 Å². The number of carbonyl (C=O) groups is 1. The molecule has 3 aromatic rings. The first-order chi connectivity index (χ1) is 15.9. The van der Waals surface area contributed by atoms with E-state index in [4.69, 9.17) is 14.2 Å². The Labute approximate surface area is 199 Å². The molecule has 0 unspecified atom stereocenters. The number of hydrogen-bond donors (Lipinski definition) is 0. The molecule has 0 radical (unpaired) electrons. The van der Waals surface area contributed by atoms with Gasteiger partial charge in [-0.05, 0) is 30.5 Å². The molecule has 0 aliphatic carbocycles. The highest BCUT2D eigenvalue weighted by Crippen LogP contribution is 2.48. The van der Waals surface area contributed by atoms with Gasteiger partial charge < -0.3 is 14.2 Å². The van der Waals surface area contributed by atoms with Crippen molar-refractivity contribution >= 4 is 45.0 Å². The molecule has 11 nitrogen and oxygen atoms in total. The summed E-state index contributed by atoms with van der Waals surface area (Å²) in [6.45, 7) is 1.29. The minimum absolute atomic E-state index is 0.0637. The maximum atomic E-state index is 12.9. The molecule has 5 rings (SSSR count). The molecular weight excluding hydrogens is 518 g/mol. The van der Waals surface area contributed by atoms with Crippen LogP contribution in [0.1, 0.15) is 18.7 Å². The number of nitro groups is 1. The number of ether oxygens (including phenoxy) is 3. The Morgan fingerprint density at radius 2 is 2.00 bits per heavy atom. The molecule has 0 saturated carbocycles. The number of benzene rings is 2. The number of amides is 1. The van der Waals surface area contributed by atoms with E-state index in [2.05, 4.69) is 31.1 Å². The Morgan fingerprint density at radius 1 is 1.24 bits per heavy atom. The molecule has 1 amide bonds. The van der Waals surface area contributed by atoms with Crippen molar-refractivity contribution in [3.63, 3.8) is 0 Å². The fourth-order valence-electron chi connectivity index (χ4n) is 3.67. The van der Waals surface area contributed by atoms with Crippen LogP contribution < -0.4 is 19.1 Å². The first-order valence-corrected chi connectivity index (χ1v) is 11.5. The van der Waals surface area contributed by atoms with Crippen molar-refractivity contribution in [1.82, 2.24) is 15.2 Å². The largest absolute Gasteiger partial charge is 0.454 e. The van der Waals surface area contributed by atoms with Gasteiger partial charge in [0, 0.05) is 17.0 Å². The molecular formula is C20H14BrN5O6S. The number of carbonyl (C=O) groups excluding carboxylic acids is 1. The zero-order valence-electron chi connectivity index (χ0n) is 17.1. The number of aromatic nitrogens is 3. The van der Waals surface area contributed by atoms with Crippen molar-refractivity contribution in [2.45, 2.75) is 18.3 Å². The van der Waals surface area contributed by atoms with Crippen LogP contribution in [0.2, 0.25) is 0 Å². The number of thioether (sulfide) groups is 1. The maximum absolute atomic E-state index is 12.9. The summed E-state index contributed by atoms with van der Waals surface area (Å²) in [6, 6.07) is 7.93. The lowest BCUT2D eigenvalue weighted by molar-refractivity contribution is -0.386. The van der Waals surface area contributed by atoms with Crippen molar-refractivity contribution in [2.24, 2.45) is 0 Å². The van der Waals surface area contributed by atoms with Gasteiger partial charge in [-0.1, -0.05) is 27.7 Å². The van der Waals surface area contributed by atoms with Crippen molar-refractivity contribution in [3.05, 3.63) is 50.5 Å². The van der Waals surface area contributed by atoms with Gasteiger partial charge in [-0.25, -0.2) is 0 Å². The number of nitrogens with zero attached hydrogens (tertiary/aromatic N) is 5. The van der Waals surface area contributed by atoms with Crippen LogP contribution in [0.15, 0.2) is 40.0 Å². The van der Waals surface area contributed by atoms with Crippen molar-refractivity contribution < 1.29 is 23.9 Å². The van der Waals surface area contributed by atoms with Crippen LogP contribution in [-0.4, -0.2) is 39.1 Å². The number of nitro benzene ring substituents is 1. The molecule has 2 aromatic carbocycles.